The molecule has 2 amide bonds. The lowest BCUT2D eigenvalue weighted by Crippen LogP contribution is -2.49. The van der Waals surface area contributed by atoms with Gasteiger partial charge in [-0.15, -0.1) is 0 Å². The standard InChI is InChI=1S/C11H20N2O3/c1-3-8-6-5-7-13(8)11(16)12-9(4-2)10(14)15/h8-9H,3-7H2,1-2H3,(H,12,16)(H,14,15)/t8?,9-/m1/s1. The van der Waals surface area contributed by atoms with Gasteiger partial charge in [0.2, 0.25) is 0 Å². The molecule has 1 rings (SSSR count). The van der Waals surface area contributed by atoms with Gasteiger partial charge in [0.15, 0.2) is 0 Å². The molecule has 1 saturated heterocycles. The molecule has 0 aromatic heterocycles. The monoisotopic (exact) mass is 228 g/mol. The van der Waals surface area contributed by atoms with Gasteiger partial charge in [0.1, 0.15) is 6.04 Å². The number of nitrogens with one attached hydrogen (secondary N) is 1. The normalized spacial score (nSPS) is 21.9. The molecule has 0 bridgehead atoms. The topological polar surface area (TPSA) is 69.6 Å². The van der Waals surface area contributed by atoms with Crippen molar-refractivity contribution in [3.05, 3.63) is 0 Å². The van der Waals surface area contributed by atoms with E-state index < -0.39 is 12.0 Å². The lowest BCUT2D eigenvalue weighted by atomic mass is 10.2. The highest BCUT2D eigenvalue weighted by Gasteiger charge is 2.29. The molecule has 1 aliphatic heterocycles. The van der Waals surface area contributed by atoms with Gasteiger partial charge in [0.25, 0.3) is 0 Å². The number of aliphatic carboxylic acids is 1. The molecular formula is C11H20N2O3. The van der Waals surface area contributed by atoms with Crippen molar-refractivity contribution in [1.29, 1.82) is 0 Å². The third kappa shape index (κ3) is 2.87. The average Bonchev–Trinajstić information content (AvgIpc) is 2.72. The van der Waals surface area contributed by atoms with Crippen molar-refractivity contribution < 1.29 is 14.7 Å². The summed E-state index contributed by atoms with van der Waals surface area (Å²) in [6.45, 7) is 4.53. The van der Waals surface area contributed by atoms with Gasteiger partial charge >= 0.3 is 12.0 Å². The maximum atomic E-state index is 11.8. The van der Waals surface area contributed by atoms with E-state index in [1.54, 1.807) is 11.8 Å². The number of carboxylic acid groups (broad SMARTS) is 1. The first-order valence-electron chi connectivity index (χ1n) is 5.90. The number of urea groups is 1. The Balaban J connectivity index is 2.54. The van der Waals surface area contributed by atoms with Crippen molar-refractivity contribution in [2.75, 3.05) is 6.54 Å². The van der Waals surface area contributed by atoms with E-state index in [9.17, 15) is 9.59 Å². The number of nitrogens with zero attached hydrogens (tertiary/aromatic N) is 1. The number of carbonyl (C=O) groups is 2. The Hall–Kier alpha value is -1.26. The molecule has 0 saturated carbocycles. The Bertz CT molecular complexity index is 268. The number of likely N-dealkylation sites (tertiary alicyclic amines) is 1. The minimum atomic E-state index is -0.969. The van der Waals surface area contributed by atoms with E-state index in [4.69, 9.17) is 5.11 Å². The lowest BCUT2D eigenvalue weighted by molar-refractivity contribution is -0.139. The Morgan fingerprint density at radius 2 is 2.19 bits per heavy atom. The highest BCUT2D eigenvalue weighted by atomic mass is 16.4. The van der Waals surface area contributed by atoms with E-state index in [0.717, 1.165) is 25.8 Å². The molecular weight excluding hydrogens is 208 g/mol. The fourth-order valence-corrected chi connectivity index (χ4v) is 2.10. The fourth-order valence-electron chi connectivity index (χ4n) is 2.10. The van der Waals surface area contributed by atoms with Crippen LogP contribution >= 0.6 is 0 Å². The fraction of sp³-hybridized carbons (Fsp3) is 0.818. The molecule has 16 heavy (non-hydrogen) atoms. The van der Waals surface area contributed by atoms with Crippen LogP contribution in [0.1, 0.15) is 39.5 Å². The van der Waals surface area contributed by atoms with Crippen LogP contribution in [0.25, 0.3) is 0 Å². The van der Waals surface area contributed by atoms with Gasteiger partial charge in [-0.25, -0.2) is 9.59 Å². The first-order chi connectivity index (χ1) is 7.60. The zero-order valence-electron chi connectivity index (χ0n) is 9.90. The van der Waals surface area contributed by atoms with Crippen LogP contribution in [-0.2, 0) is 4.79 Å². The Morgan fingerprint density at radius 1 is 1.50 bits per heavy atom. The van der Waals surface area contributed by atoms with Crippen molar-refractivity contribution in [2.24, 2.45) is 0 Å². The molecule has 0 radical (unpaired) electrons. The van der Waals surface area contributed by atoms with Crippen LogP contribution in [0.2, 0.25) is 0 Å². The van der Waals surface area contributed by atoms with Gasteiger partial charge < -0.3 is 15.3 Å². The molecule has 1 fully saturated rings. The summed E-state index contributed by atoms with van der Waals surface area (Å²) in [6.07, 6.45) is 3.37. The zero-order chi connectivity index (χ0) is 12.1. The number of hydrogen-bond donors (Lipinski definition) is 2. The summed E-state index contributed by atoms with van der Waals surface area (Å²) in [5.74, 6) is -0.969. The average molecular weight is 228 g/mol. The highest BCUT2D eigenvalue weighted by Crippen LogP contribution is 2.19. The van der Waals surface area contributed by atoms with E-state index in [2.05, 4.69) is 5.32 Å². The third-order valence-corrected chi connectivity index (χ3v) is 3.11. The van der Waals surface area contributed by atoms with Crippen LogP contribution in [-0.4, -0.2) is 40.6 Å². The number of carbonyl (C=O) groups excluding carboxylic acids is 1. The molecule has 0 aromatic carbocycles. The van der Waals surface area contributed by atoms with E-state index in [1.165, 1.54) is 0 Å². The second kappa shape index (κ2) is 5.72. The van der Waals surface area contributed by atoms with Crippen LogP contribution in [0.15, 0.2) is 0 Å². The van der Waals surface area contributed by atoms with E-state index in [1.807, 2.05) is 6.92 Å². The molecule has 5 heteroatoms. The summed E-state index contributed by atoms with van der Waals surface area (Å²) in [7, 11) is 0. The Labute approximate surface area is 95.8 Å². The molecule has 0 spiro atoms. The molecule has 2 N–H and O–H groups in total. The summed E-state index contributed by atoms with van der Waals surface area (Å²) in [4.78, 5) is 24.4. The van der Waals surface area contributed by atoms with Crippen LogP contribution in [0.4, 0.5) is 4.79 Å². The second-order valence-corrected chi connectivity index (χ2v) is 4.15. The second-order valence-electron chi connectivity index (χ2n) is 4.15. The number of carboxylic acids is 1. The Morgan fingerprint density at radius 3 is 2.69 bits per heavy atom. The largest absolute Gasteiger partial charge is 0.480 e. The van der Waals surface area contributed by atoms with Crippen LogP contribution in [0, 0.1) is 0 Å². The first kappa shape index (κ1) is 12.8. The van der Waals surface area contributed by atoms with E-state index in [-0.39, 0.29) is 12.1 Å². The highest BCUT2D eigenvalue weighted by molar-refractivity contribution is 5.82. The first-order valence-corrected chi connectivity index (χ1v) is 5.90. The molecule has 1 heterocycles. The third-order valence-electron chi connectivity index (χ3n) is 3.11. The quantitative estimate of drug-likeness (QED) is 0.764. The number of rotatable bonds is 4. The van der Waals surface area contributed by atoms with Crippen LogP contribution in [0.3, 0.4) is 0 Å². The summed E-state index contributed by atoms with van der Waals surface area (Å²) in [5, 5.41) is 11.4. The molecule has 1 aliphatic rings. The maximum Gasteiger partial charge on any atom is 0.326 e. The van der Waals surface area contributed by atoms with Crippen molar-refractivity contribution >= 4 is 12.0 Å². The van der Waals surface area contributed by atoms with Crippen molar-refractivity contribution in [2.45, 2.75) is 51.6 Å². The van der Waals surface area contributed by atoms with Gasteiger partial charge in [-0.2, -0.15) is 0 Å². The molecule has 5 nitrogen and oxygen atoms in total. The van der Waals surface area contributed by atoms with E-state index in [0.29, 0.717) is 6.42 Å². The number of hydrogen-bond acceptors (Lipinski definition) is 2. The SMILES string of the molecule is CCC1CCCN1C(=O)N[C@H](CC)C(=O)O. The predicted octanol–water partition coefficient (Wildman–Crippen LogP) is 1.43. The molecule has 1 unspecified atom stereocenters. The van der Waals surface area contributed by atoms with Gasteiger partial charge in [0.05, 0.1) is 0 Å². The van der Waals surface area contributed by atoms with Crippen molar-refractivity contribution in [3.63, 3.8) is 0 Å². The predicted molar refractivity (Wildman–Crippen MR) is 60.3 cm³/mol. The van der Waals surface area contributed by atoms with Gasteiger partial charge in [-0.3, -0.25) is 0 Å². The van der Waals surface area contributed by atoms with Crippen LogP contribution in [0.5, 0.6) is 0 Å². The lowest BCUT2D eigenvalue weighted by Gasteiger charge is -2.25. The van der Waals surface area contributed by atoms with Crippen LogP contribution < -0.4 is 5.32 Å². The molecule has 92 valence electrons. The van der Waals surface area contributed by atoms with Crippen molar-refractivity contribution in [1.82, 2.24) is 10.2 Å². The summed E-state index contributed by atoms with van der Waals surface area (Å²) < 4.78 is 0. The van der Waals surface area contributed by atoms with Gasteiger partial charge in [0, 0.05) is 12.6 Å². The summed E-state index contributed by atoms with van der Waals surface area (Å²) >= 11 is 0. The zero-order valence-corrected chi connectivity index (χ0v) is 9.90. The van der Waals surface area contributed by atoms with E-state index >= 15 is 0 Å². The summed E-state index contributed by atoms with van der Waals surface area (Å²) in [5.41, 5.74) is 0. The summed E-state index contributed by atoms with van der Waals surface area (Å²) in [6, 6.07) is -0.740. The maximum absolute atomic E-state index is 11.8. The van der Waals surface area contributed by atoms with Gasteiger partial charge in [-0.05, 0) is 25.7 Å². The number of amides is 2. The molecule has 0 aliphatic carbocycles. The van der Waals surface area contributed by atoms with Crippen molar-refractivity contribution in [3.8, 4) is 0 Å². The minimum absolute atomic E-state index is 0.237. The molecule has 2 atom stereocenters. The van der Waals surface area contributed by atoms with Gasteiger partial charge in [-0.1, -0.05) is 13.8 Å². The minimum Gasteiger partial charge on any atom is -0.480 e. The smallest absolute Gasteiger partial charge is 0.326 e. The Kier molecular flexibility index (Phi) is 4.58. The molecule has 0 aromatic rings.